The van der Waals surface area contributed by atoms with Crippen molar-refractivity contribution >= 4 is 45.6 Å². The smallest absolute Gasteiger partial charge is 0.271 e. The van der Waals surface area contributed by atoms with Crippen LogP contribution in [0.5, 0.6) is 0 Å². The first-order valence-electron chi connectivity index (χ1n) is 14.2. The zero-order valence-electron chi connectivity index (χ0n) is 23.0. The minimum atomic E-state index is -0.413. The lowest BCUT2D eigenvalue weighted by Crippen LogP contribution is -2.38. The number of hydrogen-bond donors (Lipinski definition) is 0. The van der Waals surface area contributed by atoms with Crippen molar-refractivity contribution in [1.29, 1.82) is 0 Å². The topological polar surface area (TPSA) is 39.3 Å². The largest absolute Gasteiger partial charge is 0.342 e. The van der Waals surface area contributed by atoms with Gasteiger partial charge in [-0.1, -0.05) is 89.7 Å². The van der Waals surface area contributed by atoms with Crippen molar-refractivity contribution in [3.05, 3.63) is 167 Å². The van der Waals surface area contributed by atoms with Crippen LogP contribution >= 0.6 is 22.9 Å². The first-order valence-corrected chi connectivity index (χ1v) is 15.4. The van der Waals surface area contributed by atoms with Crippen LogP contribution in [0.2, 0.25) is 5.02 Å². The van der Waals surface area contributed by atoms with Gasteiger partial charge in [-0.15, -0.1) is 0 Å². The van der Waals surface area contributed by atoms with Crippen LogP contribution in [-0.4, -0.2) is 9.13 Å². The summed E-state index contributed by atoms with van der Waals surface area (Å²) in [7, 11) is 0. The molecule has 1 aliphatic carbocycles. The molecule has 1 unspecified atom stereocenters. The minimum absolute atomic E-state index is 0.113. The van der Waals surface area contributed by atoms with E-state index in [0.29, 0.717) is 20.9 Å². The molecular formula is C36H25ClFN3OS. The average Bonchev–Trinajstić information content (AvgIpc) is 3.53. The number of allylic oxidation sites excluding steroid dienone is 1. The lowest BCUT2D eigenvalue weighted by atomic mass is 9.83. The van der Waals surface area contributed by atoms with Gasteiger partial charge in [0.1, 0.15) is 5.82 Å². The number of halogens is 2. The molecule has 0 radical (unpaired) electrons. The van der Waals surface area contributed by atoms with Gasteiger partial charge in [-0.3, -0.25) is 9.36 Å². The van der Waals surface area contributed by atoms with Crippen LogP contribution in [0.1, 0.15) is 40.3 Å². The van der Waals surface area contributed by atoms with E-state index in [-0.39, 0.29) is 11.4 Å². The average molecular weight is 602 g/mol. The maximum atomic E-state index is 14.5. The van der Waals surface area contributed by atoms with Gasteiger partial charge in [0.2, 0.25) is 0 Å². The Morgan fingerprint density at radius 3 is 2.63 bits per heavy atom. The zero-order valence-corrected chi connectivity index (χ0v) is 24.6. The molecule has 1 atom stereocenters. The molecule has 1 aliphatic heterocycles. The summed E-state index contributed by atoms with van der Waals surface area (Å²) < 4.78 is 19.1. The minimum Gasteiger partial charge on any atom is -0.342 e. The fraction of sp³-hybridized carbons (Fsp3) is 0.111. The summed E-state index contributed by atoms with van der Waals surface area (Å²) in [6.45, 7) is 0.679. The van der Waals surface area contributed by atoms with E-state index < -0.39 is 6.04 Å². The molecule has 2 aromatic heterocycles. The highest BCUT2D eigenvalue weighted by Gasteiger charge is 2.32. The van der Waals surface area contributed by atoms with Crippen molar-refractivity contribution in [2.75, 3.05) is 0 Å². The van der Waals surface area contributed by atoms with Gasteiger partial charge in [0.05, 0.1) is 16.3 Å². The normalized spacial score (nSPS) is 16.1. The van der Waals surface area contributed by atoms with E-state index in [2.05, 4.69) is 41.1 Å². The lowest BCUT2D eigenvalue weighted by Gasteiger charge is -2.30. The van der Waals surface area contributed by atoms with E-state index in [1.807, 2.05) is 54.6 Å². The number of para-hydroxylation sites is 1. The molecular weight excluding hydrogens is 577 g/mol. The van der Waals surface area contributed by atoms with Gasteiger partial charge in [0.25, 0.3) is 5.56 Å². The SMILES string of the molecule is O=c1c(=Cc2cn(Cc3ccc(Cl)cc3)c3ccccc23)sc2n1C(c1cccc(F)c1)C1=C(N=2)c2ccccc2CC1. The Kier molecular flexibility index (Phi) is 6.28. The Balaban J connectivity index is 1.32. The summed E-state index contributed by atoms with van der Waals surface area (Å²) in [6.07, 6.45) is 5.69. The molecule has 4 aromatic carbocycles. The van der Waals surface area contributed by atoms with Crippen molar-refractivity contribution in [3.8, 4) is 0 Å². The van der Waals surface area contributed by atoms with Crippen LogP contribution in [-0.2, 0) is 13.0 Å². The number of rotatable bonds is 4. The Labute approximate surface area is 256 Å². The number of aryl methyl sites for hydroxylation is 1. The molecule has 7 heteroatoms. The summed E-state index contributed by atoms with van der Waals surface area (Å²) in [5.41, 5.74) is 8.13. The fourth-order valence-electron chi connectivity index (χ4n) is 6.45. The molecule has 8 rings (SSSR count). The predicted octanol–water partition coefficient (Wildman–Crippen LogP) is 7.11. The van der Waals surface area contributed by atoms with E-state index >= 15 is 0 Å². The second-order valence-electron chi connectivity index (χ2n) is 11.0. The third-order valence-corrected chi connectivity index (χ3v) is 9.64. The van der Waals surface area contributed by atoms with Crippen LogP contribution in [0.15, 0.2) is 119 Å². The van der Waals surface area contributed by atoms with Crippen LogP contribution in [0.25, 0.3) is 22.7 Å². The molecule has 0 saturated carbocycles. The van der Waals surface area contributed by atoms with Crippen molar-refractivity contribution in [2.24, 2.45) is 4.99 Å². The second kappa shape index (κ2) is 10.3. The van der Waals surface area contributed by atoms with Crippen LogP contribution in [0, 0.1) is 5.82 Å². The first kappa shape index (κ1) is 26.1. The molecule has 2 aliphatic rings. The van der Waals surface area contributed by atoms with E-state index in [9.17, 15) is 9.18 Å². The van der Waals surface area contributed by atoms with Crippen LogP contribution < -0.4 is 14.9 Å². The molecule has 4 nitrogen and oxygen atoms in total. The number of nitrogens with zero attached hydrogens (tertiary/aromatic N) is 3. The van der Waals surface area contributed by atoms with E-state index in [4.69, 9.17) is 16.6 Å². The Morgan fingerprint density at radius 2 is 1.77 bits per heavy atom. The summed E-state index contributed by atoms with van der Waals surface area (Å²) in [5, 5.41) is 1.77. The van der Waals surface area contributed by atoms with Crippen molar-refractivity contribution in [1.82, 2.24) is 9.13 Å². The molecule has 0 bridgehead atoms. The van der Waals surface area contributed by atoms with Crippen LogP contribution in [0.3, 0.4) is 0 Å². The molecule has 0 amide bonds. The highest BCUT2D eigenvalue weighted by Crippen LogP contribution is 2.41. The van der Waals surface area contributed by atoms with Gasteiger partial charge in [0.15, 0.2) is 4.80 Å². The number of benzene rings is 4. The second-order valence-corrected chi connectivity index (χ2v) is 12.5. The van der Waals surface area contributed by atoms with E-state index in [1.165, 1.54) is 23.0 Å². The standard InChI is InChI=1S/C36H25ClFN3OS/c37-26-15-12-22(13-16-26)20-40-21-25(28-9-3-4-11-31(28)40)19-32-35(42)41-34(24-7-5-8-27(38)18-24)30-17-14-23-6-1-2-10-29(23)33(30)39-36(41)43-32/h1-13,15-16,18-19,21,34H,14,17,20H2. The molecule has 6 aromatic rings. The Bertz CT molecular complexity index is 2280. The number of hydrogen-bond acceptors (Lipinski definition) is 3. The zero-order chi connectivity index (χ0) is 29.1. The summed E-state index contributed by atoms with van der Waals surface area (Å²) in [5.74, 6) is -0.316. The van der Waals surface area contributed by atoms with E-state index in [0.717, 1.165) is 57.3 Å². The number of thiazole rings is 1. The van der Waals surface area contributed by atoms with Gasteiger partial charge < -0.3 is 4.57 Å². The Morgan fingerprint density at radius 1 is 0.953 bits per heavy atom. The third kappa shape index (κ3) is 4.49. The number of fused-ring (bicyclic) bond motifs is 4. The van der Waals surface area contributed by atoms with Gasteiger partial charge in [-0.2, -0.15) is 0 Å². The molecule has 0 N–H and O–H groups in total. The lowest BCUT2D eigenvalue weighted by molar-refractivity contribution is 0.574. The van der Waals surface area contributed by atoms with Crippen LogP contribution in [0.4, 0.5) is 4.39 Å². The quantitative estimate of drug-likeness (QED) is 0.212. The third-order valence-electron chi connectivity index (χ3n) is 8.41. The molecule has 3 heterocycles. The maximum absolute atomic E-state index is 14.5. The summed E-state index contributed by atoms with van der Waals surface area (Å²) in [6, 6.07) is 30.6. The van der Waals surface area contributed by atoms with Crippen molar-refractivity contribution in [3.63, 3.8) is 0 Å². The van der Waals surface area contributed by atoms with Gasteiger partial charge in [0, 0.05) is 39.8 Å². The van der Waals surface area contributed by atoms with Gasteiger partial charge >= 0.3 is 0 Å². The molecule has 0 saturated heterocycles. The molecule has 0 spiro atoms. The van der Waals surface area contributed by atoms with Crippen molar-refractivity contribution in [2.45, 2.75) is 25.4 Å². The summed E-state index contributed by atoms with van der Waals surface area (Å²) in [4.78, 5) is 19.9. The maximum Gasteiger partial charge on any atom is 0.271 e. The highest BCUT2D eigenvalue weighted by molar-refractivity contribution is 7.07. The molecule has 0 fully saturated rings. The molecule has 210 valence electrons. The van der Waals surface area contributed by atoms with Gasteiger partial charge in [-0.05, 0) is 71.5 Å². The van der Waals surface area contributed by atoms with E-state index in [1.54, 1.807) is 16.7 Å². The highest BCUT2D eigenvalue weighted by atomic mass is 35.5. The van der Waals surface area contributed by atoms with Crippen molar-refractivity contribution < 1.29 is 4.39 Å². The fourth-order valence-corrected chi connectivity index (χ4v) is 7.57. The monoisotopic (exact) mass is 601 g/mol. The predicted molar refractivity (Wildman–Crippen MR) is 172 cm³/mol. The Hall–Kier alpha value is -4.52. The molecule has 43 heavy (non-hydrogen) atoms. The summed E-state index contributed by atoms with van der Waals surface area (Å²) >= 11 is 7.50. The first-order chi connectivity index (χ1) is 21.0. The van der Waals surface area contributed by atoms with Gasteiger partial charge in [-0.25, -0.2) is 9.38 Å². The number of aromatic nitrogens is 2.